The van der Waals surface area contributed by atoms with Gasteiger partial charge in [-0.05, 0) is 36.8 Å². The lowest BCUT2D eigenvalue weighted by atomic mass is 9.92. The van der Waals surface area contributed by atoms with Gasteiger partial charge in [-0.1, -0.05) is 18.2 Å². The van der Waals surface area contributed by atoms with Crippen molar-refractivity contribution in [2.75, 3.05) is 6.54 Å². The fourth-order valence-corrected chi connectivity index (χ4v) is 2.39. The number of nitrogens with one attached hydrogen (secondary N) is 3. The van der Waals surface area contributed by atoms with Gasteiger partial charge in [0.1, 0.15) is 11.3 Å². The van der Waals surface area contributed by atoms with Crippen LogP contribution in [0.25, 0.3) is 0 Å². The molecule has 1 aliphatic rings. The van der Waals surface area contributed by atoms with Crippen LogP contribution in [0.1, 0.15) is 12.5 Å². The van der Waals surface area contributed by atoms with Crippen molar-refractivity contribution in [1.29, 1.82) is 0 Å². The molecule has 0 spiro atoms. The molecule has 7 nitrogen and oxygen atoms in total. The van der Waals surface area contributed by atoms with E-state index in [0.29, 0.717) is 12.1 Å². The molecule has 0 unspecified atom stereocenters. The van der Waals surface area contributed by atoms with E-state index in [2.05, 4.69) is 27.4 Å². The van der Waals surface area contributed by atoms with E-state index < -0.39 is 24.1 Å². The second kappa shape index (κ2) is 7.43. The van der Waals surface area contributed by atoms with Gasteiger partial charge < -0.3 is 15.4 Å². The fraction of sp³-hybridized carbons (Fsp3) is 0.267. The summed E-state index contributed by atoms with van der Waals surface area (Å²) in [6.45, 7) is 2.43. The number of benzene rings is 1. The lowest BCUT2D eigenvalue weighted by molar-refractivity contribution is -0.132. The summed E-state index contributed by atoms with van der Waals surface area (Å²) in [5.41, 5.74) is 1.53. The summed E-state index contributed by atoms with van der Waals surface area (Å²) in [6.07, 6.45) is 1.56. The molecule has 134 valence electrons. The predicted octanol–water partition coefficient (Wildman–Crippen LogP) is 1.62. The standard InChI is InChI=1S/C15H16F2N4O3S/c1-3-8-18-13(25)20-21-11(22)15(2,19-14(21)23)9-4-6-10(7-5-9)24-12(16)17/h3-7,12H,1,8H2,2H3,(H,19,23)(H2,18,20,25)/t15-/m1/s1. The van der Waals surface area contributed by atoms with Gasteiger partial charge in [0.05, 0.1) is 0 Å². The molecule has 1 fully saturated rings. The van der Waals surface area contributed by atoms with E-state index in [1.54, 1.807) is 6.08 Å². The lowest BCUT2D eigenvalue weighted by Crippen LogP contribution is -2.51. The molecule has 0 aromatic heterocycles. The highest BCUT2D eigenvalue weighted by molar-refractivity contribution is 7.80. The number of hydrogen-bond acceptors (Lipinski definition) is 4. The largest absolute Gasteiger partial charge is 0.435 e. The third-order valence-electron chi connectivity index (χ3n) is 3.47. The van der Waals surface area contributed by atoms with E-state index in [4.69, 9.17) is 12.2 Å². The van der Waals surface area contributed by atoms with Crippen LogP contribution in [0.15, 0.2) is 36.9 Å². The highest BCUT2D eigenvalue weighted by Crippen LogP contribution is 2.29. The van der Waals surface area contributed by atoms with Crippen molar-refractivity contribution in [3.8, 4) is 5.75 Å². The minimum absolute atomic E-state index is 0.0519. The molecular formula is C15H16F2N4O3S. The molecule has 0 aliphatic carbocycles. The number of hydrazine groups is 1. The van der Waals surface area contributed by atoms with Gasteiger partial charge in [-0.3, -0.25) is 10.2 Å². The first-order valence-corrected chi connectivity index (χ1v) is 7.56. The van der Waals surface area contributed by atoms with Crippen molar-refractivity contribution >= 4 is 29.3 Å². The molecule has 1 aliphatic heterocycles. The summed E-state index contributed by atoms with van der Waals surface area (Å²) in [6, 6.07) is 4.74. The molecule has 1 atom stereocenters. The number of carbonyl (C=O) groups excluding carboxylic acids is 2. The van der Waals surface area contributed by atoms with E-state index in [1.165, 1.54) is 31.2 Å². The van der Waals surface area contributed by atoms with Crippen molar-refractivity contribution in [2.24, 2.45) is 0 Å². The summed E-state index contributed by atoms with van der Waals surface area (Å²) in [5, 5.41) is 6.11. The SMILES string of the molecule is C=CCNC(=S)NN1C(=O)N[C@](C)(c2ccc(OC(F)F)cc2)C1=O. The predicted molar refractivity (Wildman–Crippen MR) is 89.7 cm³/mol. The molecular weight excluding hydrogens is 354 g/mol. The van der Waals surface area contributed by atoms with E-state index in [9.17, 15) is 18.4 Å². The maximum atomic E-state index is 12.6. The minimum atomic E-state index is -2.95. The fourth-order valence-electron chi connectivity index (χ4n) is 2.21. The monoisotopic (exact) mass is 370 g/mol. The van der Waals surface area contributed by atoms with Gasteiger partial charge in [0.15, 0.2) is 5.11 Å². The van der Waals surface area contributed by atoms with Crippen molar-refractivity contribution in [3.05, 3.63) is 42.5 Å². The zero-order valence-electron chi connectivity index (χ0n) is 13.2. The van der Waals surface area contributed by atoms with E-state index in [1.807, 2.05) is 0 Å². The molecule has 1 heterocycles. The molecule has 10 heteroatoms. The molecule has 1 aromatic rings. The zero-order chi connectivity index (χ0) is 18.6. The first-order chi connectivity index (χ1) is 11.8. The van der Waals surface area contributed by atoms with Crippen LogP contribution in [-0.4, -0.2) is 35.2 Å². The second-order valence-electron chi connectivity index (χ2n) is 5.21. The molecule has 3 amide bonds. The Balaban J connectivity index is 2.15. The van der Waals surface area contributed by atoms with Crippen LogP contribution in [0.2, 0.25) is 0 Å². The Kier molecular flexibility index (Phi) is 5.52. The maximum absolute atomic E-state index is 12.6. The van der Waals surface area contributed by atoms with Gasteiger partial charge in [-0.15, -0.1) is 6.58 Å². The Hall–Kier alpha value is -2.75. The van der Waals surface area contributed by atoms with Gasteiger partial charge in [0.25, 0.3) is 5.91 Å². The summed E-state index contributed by atoms with van der Waals surface area (Å²) in [5.74, 6) is -0.647. The van der Waals surface area contributed by atoms with Gasteiger partial charge in [0.2, 0.25) is 0 Å². The van der Waals surface area contributed by atoms with Gasteiger partial charge in [0, 0.05) is 6.54 Å². The maximum Gasteiger partial charge on any atom is 0.387 e. The quantitative estimate of drug-likeness (QED) is 0.401. The van der Waals surface area contributed by atoms with E-state index >= 15 is 0 Å². The van der Waals surface area contributed by atoms with Gasteiger partial charge in [-0.25, -0.2) is 4.79 Å². The van der Waals surface area contributed by atoms with E-state index in [-0.39, 0.29) is 10.9 Å². The highest BCUT2D eigenvalue weighted by Gasteiger charge is 2.49. The Morgan fingerprint density at radius 1 is 1.44 bits per heavy atom. The van der Waals surface area contributed by atoms with E-state index in [0.717, 1.165) is 5.01 Å². The summed E-state index contributed by atoms with van der Waals surface area (Å²) in [7, 11) is 0. The first-order valence-electron chi connectivity index (χ1n) is 7.15. The minimum Gasteiger partial charge on any atom is -0.435 e. The number of hydrogen-bond donors (Lipinski definition) is 3. The van der Waals surface area contributed by atoms with Gasteiger partial charge in [-0.2, -0.15) is 13.8 Å². The number of imide groups is 1. The molecule has 1 aromatic carbocycles. The van der Waals surface area contributed by atoms with Crippen LogP contribution in [0, 0.1) is 0 Å². The number of alkyl halides is 2. The number of urea groups is 1. The molecule has 1 saturated heterocycles. The molecule has 2 rings (SSSR count). The summed E-state index contributed by atoms with van der Waals surface area (Å²) in [4.78, 5) is 24.7. The van der Waals surface area contributed by atoms with Crippen molar-refractivity contribution in [3.63, 3.8) is 0 Å². The molecule has 0 radical (unpaired) electrons. The Morgan fingerprint density at radius 3 is 2.64 bits per heavy atom. The molecule has 25 heavy (non-hydrogen) atoms. The number of carbonyl (C=O) groups is 2. The number of ether oxygens (including phenoxy) is 1. The first kappa shape index (κ1) is 18.6. The normalized spacial score (nSPS) is 19.6. The number of amides is 3. The lowest BCUT2D eigenvalue weighted by Gasteiger charge is -2.23. The van der Waals surface area contributed by atoms with Crippen LogP contribution in [0.4, 0.5) is 13.6 Å². The average molecular weight is 370 g/mol. The van der Waals surface area contributed by atoms with Crippen LogP contribution in [0.5, 0.6) is 5.75 Å². The highest BCUT2D eigenvalue weighted by atomic mass is 32.1. The van der Waals surface area contributed by atoms with Crippen molar-refractivity contribution in [1.82, 2.24) is 21.1 Å². The summed E-state index contributed by atoms with van der Waals surface area (Å²) < 4.78 is 28.7. The van der Waals surface area contributed by atoms with Gasteiger partial charge >= 0.3 is 12.6 Å². The Bertz CT molecular complexity index is 699. The third kappa shape index (κ3) is 4.02. The van der Waals surface area contributed by atoms with Crippen molar-refractivity contribution in [2.45, 2.75) is 19.1 Å². The molecule has 0 bridgehead atoms. The number of nitrogens with zero attached hydrogens (tertiary/aromatic N) is 1. The smallest absolute Gasteiger partial charge is 0.387 e. The molecule has 3 N–H and O–H groups in total. The van der Waals surface area contributed by atoms with Crippen LogP contribution in [0.3, 0.4) is 0 Å². The van der Waals surface area contributed by atoms with Crippen molar-refractivity contribution < 1.29 is 23.1 Å². The van der Waals surface area contributed by atoms with Crippen LogP contribution in [-0.2, 0) is 10.3 Å². The number of rotatable bonds is 6. The number of thiocarbonyl (C=S) groups is 1. The van der Waals surface area contributed by atoms with Crippen LogP contribution < -0.4 is 20.8 Å². The topological polar surface area (TPSA) is 82.7 Å². The summed E-state index contributed by atoms with van der Waals surface area (Å²) >= 11 is 4.98. The third-order valence-corrected chi connectivity index (χ3v) is 3.70. The van der Waals surface area contributed by atoms with Crippen LogP contribution >= 0.6 is 12.2 Å². The average Bonchev–Trinajstić information content (AvgIpc) is 2.77. The zero-order valence-corrected chi connectivity index (χ0v) is 14.0. The Morgan fingerprint density at radius 2 is 2.08 bits per heavy atom. The molecule has 0 saturated carbocycles. The number of halogens is 2. The second-order valence-corrected chi connectivity index (χ2v) is 5.62. The Labute approximate surface area is 148 Å².